The summed E-state index contributed by atoms with van der Waals surface area (Å²) in [6.07, 6.45) is 9.50. The topological polar surface area (TPSA) is 78.7 Å². The minimum absolute atomic E-state index is 0.0748. The third-order valence-electron chi connectivity index (χ3n) is 7.30. The highest BCUT2D eigenvalue weighted by molar-refractivity contribution is 5.82. The molecule has 0 atom stereocenters. The molecule has 32 heavy (non-hydrogen) atoms. The second kappa shape index (κ2) is 8.16. The Kier molecular flexibility index (Phi) is 5.02. The maximum absolute atomic E-state index is 13.2. The van der Waals surface area contributed by atoms with Crippen molar-refractivity contribution in [1.29, 1.82) is 0 Å². The Hall–Kier alpha value is -3.00. The number of carbonyl (C=O) groups excluding carboxylic acids is 1. The summed E-state index contributed by atoms with van der Waals surface area (Å²) in [5, 5.41) is 8.03. The number of anilines is 1. The Morgan fingerprint density at radius 1 is 1.00 bits per heavy atom. The second-order valence-electron chi connectivity index (χ2n) is 9.19. The minimum Gasteiger partial charge on any atom is -0.354 e. The fourth-order valence-corrected chi connectivity index (χ4v) is 5.47. The van der Waals surface area contributed by atoms with Crippen molar-refractivity contribution >= 4 is 17.4 Å². The molecular weight excluding hydrogens is 402 g/mol. The molecule has 0 bridgehead atoms. The number of hydrogen-bond donors (Lipinski definition) is 1. The van der Waals surface area contributed by atoms with Crippen molar-refractivity contribution < 1.29 is 4.79 Å². The molecule has 3 aromatic rings. The summed E-state index contributed by atoms with van der Waals surface area (Å²) in [6, 6.07) is 6.18. The standard InChI is InChI=1S/C24H29N7O/c32-24(29-13-6-18(7-14-29)17-1-8-25-9-2-17)19-15-30(16-19)23-20-3-10-26-11-4-21(20)28-22-5-12-27-31(22)23/h1-2,5,8-9,12,18-19,26H,3-4,6-7,10-11,13-16H2. The number of nitrogens with one attached hydrogen (secondary N) is 1. The van der Waals surface area contributed by atoms with Crippen LogP contribution in [-0.4, -0.2) is 69.7 Å². The highest BCUT2D eigenvalue weighted by Crippen LogP contribution is 2.33. The average molecular weight is 432 g/mol. The lowest BCUT2D eigenvalue weighted by Crippen LogP contribution is -2.56. The van der Waals surface area contributed by atoms with Crippen molar-refractivity contribution in [1.82, 2.24) is 29.8 Å². The predicted molar refractivity (Wildman–Crippen MR) is 122 cm³/mol. The van der Waals surface area contributed by atoms with Crippen LogP contribution in [0.4, 0.5) is 5.82 Å². The van der Waals surface area contributed by atoms with Gasteiger partial charge in [-0.15, -0.1) is 0 Å². The molecule has 3 aromatic heterocycles. The third-order valence-corrected chi connectivity index (χ3v) is 7.30. The van der Waals surface area contributed by atoms with Crippen LogP contribution in [0.2, 0.25) is 0 Å². The van der Waals surface area contributed by atoms with Crippen LogP contribution in [0.25, 0.3) is 5.65 Å². The van der Waals surface area contributed by atoms with Gasteiger partial charge < -0.3 is 15.1 Å². The molecule has 8 nitrogen and oxygen atoms in total. The van der Waals surface area contributed by atoms with Crippen LogP contribution in [0, 0.1) is 5.92 Å². The summed E-state index contributed by atoms with van der Waals surface area (Å²) in [5.74, 6) is 2.06. The Balaban J connectivity index is 1.14. The van der Waals surface area contributed by atoms with Crippen LogP contribution in [-0.2, 0) is 17.6 Å². The van der Waals surface area contributed by atoms with E-state index in [0.29, 0.717) is 11.8 Å². The van der Waals surface area contributed by atoms with Gasteiger partial charge in [-0.2, -0.15) is 9.61 Å². The lowest BCUT2D eigenvalue weighted by atomic mass is 9.89. The van der Waals surface area contributed by atoms with Crippen LogP contribution in [0.3, 0.4) is 0 Å². The minimum atomic E-state index is 0.0748. The van der Waals surface area contributed by atoms with E-state index in [1.807, 2.05) is 29.2 Å². The van der Waals surface area contributed by atoms with Gasteiger partial charge in [0.1, 0.15) is 5.82 Å². The molecular formula is C24H29N7O. The first-order valence-corrected chi connectivity index (χ1v) is 11.8. The summed E-state index contributed by atoms with van der Waals surface area (Å²) in [4.78, 5) is 26.6. The van der Waals surface area contributed by atoms with E-state index in [2.05, 4.69) is 37.3 Å². The van der Waals surface area contributed by atoms with Crippen molar-refractivity contribution in [2.24, 2.45) is 5.92 Å². The van der Waals surface area contributed by atoms with E-state index in [1.165, 1.54) is 16.8 Å². The molecule has 3 aliphatic heterocycles. The van der Waals surface area contributed by atoms with Crippen LogP contribution in [0.15, 0.2) is 36.8 Å². The van der Waals surface area contributed by atoms with Gasteiger partial charge in [-0.3, -0.25) is 9.78 Å². The second-order valence-corrected chi connectivity index (χ2v) is 9.19. The number of rotatable bonds is 3. The van der Waals surface area contributed by atoms with Gasteiger partial charge in [-0.25, -0.2) is 4.98 Å². The molecule has 2 saturated heterocycles. The van der Waals surface area contributed by atoms with Gasteiger partial charge in [0.25, 0.3) is 0 Å². The fraction of sp³-hybridized carbons (Fsp3) is 0.500. The number of nitrogens with zero attached hydrogens (tertiary/aromatic N) is 6. The van der Waals surface area contributed by atoms with Gasteiger partial charge in [0.2, 0.25) is 5.91 Å². The summed E-state index contributed by atoms with van der Waals surface area (Å²) < 4.78 is 1.96. The number of carbonyl (C=O) groups is 1. The number of piperidine rings is 1. The van der Waals surface area contributed by atoms with E-state index in [1.54, 1.807) is 0 Å². The zero-order valence-electron chi connectivity index (χ0n) is 18.3. The molecule has 6 heterocycles. The van der Waals surface area contributed by atoms with Crippen LogP contribution in [0.1, 0.15) is 35.6 Å². The molecule has 0 saturated carbocycles. The summed E-state index contributed by atoms with van der Waals surface area (Å²) in [6.45, 7) is 5.14. The predicted octanol–water partition coefficient (Wildman–Crippen LogP) is 1.65. The number of fused-ring (bicyclic) bond motifs is 2. The first kappa shape index (κ1) is 19.7. The van der Waals surface area contributed by atoms with Gasteiger partial charge in [0.15, 0.2) is 5.65 Å². The van der Waals surface area contributed by atoms with Crippen LogP contribution in [0.5, 0.6) is 0 Å². The summed E-state index contributed by atoms with van der Waals surface area (Å²) >= 11 is 0. The monoisotopic (exact) mass is 431 g/mol. The van der Waals surface area contributed by atoms with Gasteiger partial charge in [0, 0.05) is 63.2 Å². The first-order valence-electron chi connectivity index (χ1n) is 11.8. The number of pyridine rings is 1. The van der Waals surface area contributed by atoms with Crippen molar-refractivity contribution in [3.8, 4) is 0 Å². The van der Waals surface area contributed by atoms with Crippen molar-refractivity contribution in [2.45, 2.75) is 31.6 Å². The Bertz CT molecular complexity index is 1110. The molecule has 3 aliphatic rings. The molecule has 8 heteroatoms. The molecule has 166 valence electrons. The number of amides is 1. The molecule has 1 amide bonds. The van der Waals surface area contributed by atoms with Crippen molar-refractivity contribution in [3.63, 3.8) is 0 Å². The molecule has 1 N–H and O–H groups in total. The van der Waals surface area contributed by atoms with E-state index in [0.717, 1.165) is 76.4 Å². The lowest BCUT2D eigenvalue weighted by molar-refractivity contribution is -0.137. The van der Waals surface area contributed by atoms with E-state index in [4.69, 9.17) is 4.98 Å². The SMILES string of the molecule is O=C(C1CN(c2c3c(nc4ccnn24)CCNCC3)C1)N1CCC(c2ccncc2)CC1. The lowest BCUT2D eigenvalue weighted by Gasteiger charge is -2.44. The fourth-order valence-electron chi connectivity index (χ4n) is 5.47. The number of hydrogen-bond acceptors (Lipinski definition) is 6. The first-order chi connectivity index (χ1) is 15.8. The number of likely N-dealkylation sites (tertiary alicyclic amines) is 1. The van der Waals surface area contributed by atoms with Crippen LogP contribution >= 0.6 is 0 Å². The summed E-state index contributed by atoms with van der Waals surface area (Å²) in [5.41, 5.74) is 4.70. The van der Waals surface area contributed by atoms with Gasteiger partial charge in [-0.05, 0) is 49.4 Å². The molecule has 0 radical (unpaired) electrons. The Morgan fingerprint density at radius 3 is 2.59 bits per heavy atom. The Morgan fingerprint density at radius 2 is 1.78 bits per heavy atom. The number of aromatic nitrogens is 4. The highest BCUT2D eigenvalue weighted by atomic mass is 16.2. The third kappa shape index (κ3) is 3.43. The van der Waals surface area contributed by atoms with E-state index < -0.39 is 0 Å². The molecule has 0 unspecified atom stereocenters. The molecule has 0 aliphatic carbocycles. The van der Waals surface area contributed by atoms with Crippen molar-refractivity contribution in [2.75, 3.05) is 44.2 Å². The summed E-state index contributed by atoms with van der Waals surface area (Å²) in [7, 11) is 0. The maximum Gasteiger partial charge on any atom is 0.229 e. The molecule has 2 fully saturated rings. The molecule has 0 spiro atoms. The van der Waals surface area contributed by atoms with Crippen molar-refractivity contribution in [3.05, 3.63) is 53.6 Å². The van der Waals surface area contributed by atoms with E-state index in [-0.39, 0.29) is 5.92 Å². The highest BCUT2D eigenvalue weighted by Gasteiger charge is 2.39. The normalized spacial score (nSPS) is 20.1. The zero-order chi connectivity index (χ0) is 21.5. The van der Waals surface area contributed by atoms with E-state index in [9.17, 15) is 4.79 Å². The quantitative estimate of drug-likeness (QED) is 0.680. The Labute approximate surface area is 187 Å². The molecule has 0 aromatic carbocycles. The average Bonchev–Trinajstić information content (AvgIpc) is 3.15. The van der Waals surface area contributed by atoms with Gasteiger partial charge in [0.05, 0.1) is 17.8 Å². The van der Waals surface area contributed by atoms with Gasteiger partial charge >= 0.3 is 0 Å². The van der Waals surface area contributed by atoms with Gasteiger partial charge in [-0.1, -0.05) is 0 Å². The largest absolute Gasteiger partial charge is 0.354 e. The maximum atomic E-state index is 13.2. The smallest absolute Gasteiger partial charge is 0.229 e. The zero-order valence-corrected chi connectivity index (χ0v) is 18.3. The van der Waals surface area contributed by atoms with E-state index >= 15 is 0 Å². The molecule has 6 rings (SSSR count). The van der Waals surface area contributed by atoms with Crippen LogP contribution < -0.4 is 10.2 Å².